The summed E-state index contributed by atoms with van der Waals surface area (Å²) in [6.07, 6.45) is 1.50. The van der Waals surface area contributed by atoms with Crippen molar-refractivity contribution < 1.29 is 23.9 Å². The van der Waals surface area contributed by atoms with Crippen LogP contribution in [0.3, 0.4) is 0 Å². The molecule has 174 valence electrons. The lowest BCUT2D eigenvalue weighted by atomic mass is 9.55. The molecule has 1 saturated heterocycles. The first-order valence-corrected chi connectivity index (χ1v) is 11.5. The van der Waals surface area contributed by atoms with E-state index >= 15 is 0 Å². The van der Waals surface area contributed by atoms with Gasteiger partial charge in [0.15, 0.2) is 6.61 Å². The number of esters is 1. The highest BCUT2D eigenvalue weighted by molar-refractivity contribution is 6.08. The summed E-state index contributed by atoms with van der Waals surface area (Å²) in [6.45, 7) is -0.184. The minimum absolute atomic E-state index is 0.153. The average Bonchev–Trinajstić information content (AvgIpc) is 3.16. The van der Waals surface area contributed by atoms with Crippen LogP contribution in [0.1, 0.15) is 39.7 Å². The molecule has 0 unspecified atom stereocenters. The molecule has 1 fully saturated rings. The Balaban J connectivity index is 1.28. The van der Waals surface area contributed by atoms with E-state index in [1.54, 1.807) is 24.3 Å². The van der Waals surface area contributed by atoms with Gasteiger partial charge in [0.2, 0.25) is 0 Å². The Morgan fingerprint density at radius 2 is 1.31 bits per heavy atom. The highest BCUT2D eigenvalue weighted by Gasteiger charge is 2.61. The maximum atomic E-state index is 13.5. The van der Waals surface area contributed by atoms with E-state index in [0.717, 1.165) is 27.3 Å². The Morgan fingerprint density at radius 1 is 0.829 bits per heavy atom. The molecule has 0 saturated carbocycles. The normalized spacial score (nSPS) is 23.7. The van der Waals surface area contributed by atoms with Crippen LogP contribution in [0.25, 0.3) is 0 Å². The lowest BCUT2D eigenvalue weighted by molar-refractivity contribution is -0.143. The van der Waals surface area contributed by atoms with Crippen LogP contribution in [0, 0.1) is 11.8 Å². The third kappa shape index (κ3) is 3.26. The van der Waals surface area contributed by atoms with E-state index in [4.69, 9.17) is 4.74 Å². The quantitative estimate of drug-likeness (QED) is 0.327. The Bertz CT molecular complexity index is 1260. The molecular formula is C28H22N2O5. The number of hydrogen-bond donors (Lipinski definition) is 0. The van der Waals surface area contributed by atoms with Gasteiger partial charge in [0, 0.05) is 11.8 Å². The second-order valence-electron chi connectivity index (χ2n) is 8.93. The summed E-state index contributed by atoms with van der Waals surface area (Å²) in [5.41, 5.74) is 5.22. The van der Waals surface area contributed by atoms with Gasteiger partial charge in [-0.15, -0.1) is 0 Å². The summed E-state index contributed by atoms with van der Waals surface area (Å²) < 4.78 is 9.90. The molecule has 7 heteroatoms. The van der Waals surface area contributed by atoms with Gasteiger partial charge < -0.3 is 9.47 Å². The monoisotopic (exact) mass is 466 g/mol. The van der Waals surface area contributed by atoms with Crippen LogP contribution in [0.5, 0.6) is 5.75 Å². The number of imide groups is 1. The number of hydrazone groups is 1. The van der Waals surface area contributed by atoms with Gasteiger partial charge in [-0.3, -0.25) is 9.59 Å². The first-order valence-electron chi connectivity index (χ1n) is 11.5. The molecule has 4 aliphatic rings. The van der Waals surface area contributed by atoms with E-state index in [1.165, 1.54) is 13.3 Å². The largest absolute Gasteiger partial charge is 0.482 e. The molecule has 7 rings (SSSR count). The summed E-state index contributed by atoms with van der Waals surface area (Å²) in [5, 5.41) is 5.36. The van der Waals surface area contributed by atoms with Gasteiger partial charge in [-0.1, -0.05) is 48.5 Å². The van der Waals surface area contributed by atoms with Crippen molar-refractivity contribution >= 4 is 24.0 Å². The standard InChI is InChI=1S/C28H22N2O5/c1-34-22(31)15-35-17-12-10-16(11-13-17)14-29-30-27(32)25-23-18-6-2-3-7-19(18)24(26(25)28(30)33)21-9-5-4-8-20(21)23/h2-14,23-26H,15H2,1H3/b29-14-/t23?,24?,25-,26-/m0/s1. The molecule has 2 bridgehead atoms. The average molecular weight is 466 g/mol. The Hall–Kier alpha value is -4.26. The molecular weight excluding hydrogens is 444 g/mol. The highest BCUT2D eigenvalue weighted by atomic mass is 16.6. The van der Waals surface area contributed by atoms with Gasteiger partial charge in [0.05, 0.1) is 25.2 Å². The second-order valence-corrected chi connectivity index (χ2v) is 8.93. The summed E-state index contributed by atoms with van der Waals surface area (Å²) in [7, 11) is 1.30. The number of nitrogens with zero attached hydrogens (tertiary/aromatic N) is 2. The lowest BCUT2D eigenvalue weighted by Gasteiger charge is -2.45. The van der Waals surface area contributed by atoms with Crippen LogP contribution in [0.4, 0.5) is 0 Å². The first-order chi connectivity index (χ1) is 17.1. The Kier molecular flexibility index (Phi) is 4.99. The van der Waals surface area contributed by atoms with Crippen LogP contribution >= 0.6 is 0 Å². The third-order valence-electron chi connectivity index (χ3n) is 7.21. The third-order valence-corrected chi connectivity index (χ3v) is 7.21. The Labute approximate surface area is 202 Å². The van der Waals surface area contributed by atoms with Crippen molar-refractivity contribution in [1.82, 2.24) is 5.01 Å². The van der Waals surface area contributed by atoms with Gasteiger partial charge in [-0.25, -0.2) is 4.79 Å². The van der Waals surface area contributed by atoms with Crippen LogP contribution in [0.15, 0.2) is 77.9 Å². The van der Waals surface area contributed by atoms with Gasteiger partial charge >= 0.3 is 5.97 Å². The molecule has 0 aromatic heterocycles. The van der Waals surface area contributed by atoms with Crippen molar-refractivity contribution in [2.45, 2.75) is 11.8 Å². The predicted octanol–water partition coefficient (Wildman–Crippen LogP) is 3.46. The highest BCUT2D eigenvalue weighted by Crippen LogP contribution is 2.60. The number of ether oxygens (including phenoxy) is 2. The fourth-order valence-electron chi connectivity index (χ4n) is 5.75. The number of carbonyl (C=O) groups excluding carboxylic acids is 3. The van der Waals surface area contributed by atoms with Gasteiger partial charge in [0.25, 0.3) is 11.8 Å². The van der Waals surface area contributed by atoms with Gasteiger partial charge in [-0.2, -0.15) is 10.1 Å². The SMILES string of the molecule is COC(=O)COc1ccc(/C=N\N2C(=O)[C@H]3C4c5ccccc5C(c5ccccc54)[C@@H]3C2=O)cc1. The van der Waals surface area contributed by atoms with Crippen molar-refractivity contribution in [3.05, 3.63) is 101 Å². The van der Waals surface area contributed by atoms with E-state index in [2.05, 4.69) is 34.1 Å². The summed E-state index contributed by atoms with van der Waals surface area (Å²) >= 11 is 0. The predicted molar refractivity (Wildman–Crippen MR) is 127 cm³/mol. The van der Waals surface area contributed by atoms with E-state index in [-0.39, 0.29) is 30.3 Å². The minimum atomic E-state index is -0.471. The van der Waals surface area contributed by atoms with Gasteiger partial charge in [-0.05, 0) is 52.1 Å². The molecule has 0 N–H and O–H groups in total. The minimum Gasteiger partial charge on any atom is -0.482 e. The maximum Gasteiger partial charge on any atom is 0.343 e. The summed E-state index contributed by atoms with van der Waals surface area (Å²) in [5.74, 6) is -1.70. The number of amides is 2. The smallest absolute Gasteiger partial charge is 0.343 e. The fraction of sp³-hybridized carbons (Fsp3) is 0.214. The summed E-state index contributed by atoms with van der Waals surface area (Å²) in [4.78, 5) is 38.3. The number of methoxy groups -OCH3 is 1. The number of benzene rings is 3. The fourth-order valence-corrected chi connectivity index (χ4v) is 5.75. The molecule has 1 heterocycles. The van der Waals surface area contributed by atoms with Crippen molar-refractivity contribution in [2.75, 3.05) is 13.7 Å². The maximum absolute atomic E-state index is 13.5. The van der Waals surface area contributed by atoms with Crippen molar-refractivity contribution in [2.24, 2.45) is 16.9 Å². The second kappa shape index (κ2) is 8.20. The van der Waals surface area contributed by atoms with Crippen molar-refractivity contribution in [1.29, 1.82) is 0 Å². The molecule has 3 aromatic rings. The van der Waals surface area contributed by atoms with Crippen LogP contribution in [-0.2, 0) is 19.1 Å². The van der Waals surface area contributed by atoms with E-state index in [9.17, 15) is 14.4 Å². The molecule has 0 spiro atoms. The molecule has 2 atom stereocenters. The lowest BCUT2D eigenvalue weighted by Crippen LogP contribution is -2.41. The number of carbonyl (C=O) groups is 3. The van der Waals surface area contributed by atoms with Crippen molar-refractivity contribution in [3.8, 4) is 5.75 Å². The van der Waals surface area contributed by atoms with Gasteiger partial charge in [0.1, 0.15) is 5.75 Å². The van der Waals surface area contributed by atoms with E-state index < -0.39 is 17.8 Å². The molecule has 7 nitrogen and oxygen atoms in total. The zero-order chi connectivity index (χ0) is 24.1. The first kappa shape index (κ1) is 21.3. The van der Waals surface area contributed by atoms with E-state index in [0.29, 0.717) is 11.3 Å². The van der Waals surface area contributed by atoms with Crippen LogP contribution < -0.4 is 4.74 Å². The topological polar surface area (TPSA) is 85.3 Å². The molecule has 3 aliphatic carbocycles. The van der Waals surface area contributed by atoms with Crippen LogP contribution in [-0.4, -0.2) is 42.7 Å². The van der Waals surface area contributed by atoms with E-state index in [1.807, 2.05) is 24.3 Å². The summed E-state index contributed by atoms with van der Waals surface area (Å²) in [6, 6.07) is 23.1. The van der Waals surface area contributed by atoms with Crippen molar-refractivity contribution in [3.63, 3.8) is 0 Å². The number of hydrogen-bond acceptors (Lipinski definition) is 6. The Morgan fingerprint density at radius 3 is 1.77 bits per heavy atom. The zero-order valence-corrected chi connectivity index (χ0v) is 19.0. The molecule has 0 radical (unpaired) electrons. The molecule has 3 aromatic carbocycles. The molecule has 2 amide bonds. The zero-order valence-electron chi connectivity index (χ0n) is 19.0. The van der Waals surface area contributed by atoms with Crippen LogP contribution in [0.2, 0.25) is 0 Å². The number of rotatable bonds is 5. The molecule has 35 heavy (non-hydrogen) atoms. The molecule has 1 aliphatic heterocycles.